The van der Waals surface area contributed by atoms with Crippen molar-refractivity contribution in [2.24, 2.45) is 5.41 Å². The molecule has 112 valence electrons. The summed E-state index contributed by atoms with van der Waals surface area (Å²) in [6, 6.07) is 4.07. The van der Waals surface area contributed by atoms with Gasteiger partial charge in [-0.05, 0) is 31.0 Å². The van der Waals surface area contributed by atoms with E-state index in [4.69, 9.17) is 5.11 Å². The number of carbonyl (C=O) groups is 1. The number of hydrogen-bond acceptors (Lipinski definition) is 2. The number of anilines is 1. The maximum absolute atomic E-state index is 13.3. The normalized spacial score (nSPS) is 16.7. The van der Waals surface area contributed by atoms with Crippen molar-refractivity contribution in [1.82, 2.24) is 0 Å². The highest BCUT2D eigenvalue weighted by Crippen LogP contribution is 2.37. The van der Waals surface area contributed by atoms with E-state index in [1.807, 2.05) is 6.92 Å². The highest BCUT2D eigenvalue weighted by molar-refractivity contribution is 5.96. The van der Waals surface area contributed by atoms with Crippen LogP contribution in [0.1, 0.15) is 44.6 Å². The topological polar surface area (TPSA) is 49.3 Å². The molecule has 1 aromatic carbocycles. The minimum absolute atomic E-state index is 0.0409. The van der Waals surface area contributed by atoms with Gasteiger partial charge in [-0.2, -0.15) is 0 Å². The molecule has 0 saturated heterocycles. The third kappa shape index (κ3) is 3.83. The Bertz CT molecular complexity index is 580. The molecule has 21 heavy (non-hydrogen) atoms. The molecule has 1 aliphatic rings. The number of nitrogens with one attached hydrogen (secondary N) is 1. The smallest absolute Gasteiger partial charge is 0.230 e. The first-order valence-corrected chi connectivity index (χ1v) is 7.26. The van der Waals surface area contributed by atoms with Crippen LogP contribution in [0.3, 0.4) is 0 Å². The summed E-state index contributed by atoms with van der Waals surface area (Å²) in [6.07, 6.45) is 5.04. The Kier molecular flexibility index (Phi) is 4.98. The number of benzene rings is 1. The van der Waals surface area contributed by atoms with Gasteiger partial charge in [0.15, 0.2) is 0 Å². The summed E-state index contributed by atoms with van der Waals surface area (Å²) in [7, 11) is 0. The SMILES string of the molecule is CC1(C(=O)Nc2ccc(F)cc2C#CCO)CCCCC1. The molecule has 1 amide bonds. The predicted octanol–water partition coefficient (Wildman–Crippen LogP) is 3.08. The van der Waals surface area contributed by atoms with Gasteiger partial charge in [0.25, 0.3) is 0 Å². The van der Waals surface area contributed by atoms with Crippen molar-refractivity contribution in [3.63, 3.8) is 0 Å². The molecule has 1 aliphatic carbocycles. The molecule has 0 aromatic heterocycles. The number of amides is 1. The third-order valence-corrected chi connectivity index (χ3v) is 4.04. The Morgan fingerprint density at radius 3 is 2.76 bits per heavy atom. The number of rotatable bonds is 2. The van der Waals surface area contributed by atoms with E-state index in [-0.39, 0.29) is 17.9 Å². The van der Waals surface area contributed by atoms with Crippen molar-refractivity contribution >= 4 is 11.6 Å². The second-order valence-corrected chi connectivity index (χ2v) is 5.73. The first-order chi connectivity index (χ1) is 10.0. The number of hydrogen-bond donors (Lipinski definition) is 2. The molecule has 3 nitrogen and oxygen atoms in total. The molecular weight excluding hydrogens is 269 g/mol. The van der Waals surface area contributed by atoms with Crippen LogP contribution in [0.4, 0.5) is 10.1 Å². The van der Waals surface area contributed by atoms with Gasteiger partial charge in [0.2, 0.25) is 5.91 Å². The van der Waals surface area contributed by atoms with E-state index in [1.54, 1.807) is 0 Å². The summed E-state index contributed by atoms with van der Waals surface area (Å²) in [6.45, 7) is 1.67. The Morgan fingerprint density at radius 2 is 2.10 bits per heavy atom. The van der Waals surface area contributed by atoms with Crippen LogP contribution in [-0.4, -0.2) is 17.6 Å². The fourth-order valence-corrected chi connectivity index (χ4v) is 2.70. The highest BCUT2D eigenvalue weighted by atomic mass is 19.1. The van der Waals surface area contributed by atoms with Crippen LogP contribution in [0.15, 0.2) is 18.2 Å². The lowest BCUT2D eigenvalue weighted by Crippen LogP contribution is -2.35. The lowest BCUT2D eigenvalue weighted by molar-refractivity contribution is -0.126. The molecule has 1 fully saturated rings. The number of halogens is 1. The molecule has 1 aromatic rings. The van der Waals surface area contributed by atoms with Gasteiger partial charge >= 0.3 is 0 Å². The van der Waals surface area contributed by atoms with Crippen molar-refractivity contribution in [2.75, 3.05) is 11.9 Å². The number of carbonyl (C=O) groups excluding carboxylic acids is 1. The molecule has 0 atom stereocenters. The molecular formula is C17H20FNO2. The van der Waals surface area contributed by atoms with Gasteiger partial charge in [-0.3, -0.25) is 4.79 Å². The van der Waals surface area contributed by atoms with Crippen LogP contribution in [0.5, 0.6) is 0 Å². The van der Waals surface area contributed by atoms with Gasteiger partial charge in [0.1, 0.15) is 12.4 Å². The number of aliphatic hydroxyl groups is 1. The lowest BCUT2D eigenvalue weighted by atomic mass is 9.75. The van der Waals surface area contributed by atoms with Crippen LogP contribution in [0, 0.1) is 23.1 Å². The molecule has 0 spiro atoms. The zero-order valence-electron chi connectivity index (χ0n) is 12.2. The van der Waals surface area contributed by atoms with E-state index in [2.05, 4.69) is 17.2 Å². The van der Waals surface area contributed by atoms with Crippen molar-refractivity contribution in [3.05, 3.63) is 29.6 Å². The van der Waals surface area contributed by atoms with Gasteiger partial charge in [-0.25, -0.2) is 4.39 Å². The van der Waals surface area contributed by atoms with Crippen LogP contribution in [0.25, 0.3) is 0 Å². The zero-order valence-corrected chi connectivity index (χ0v) is 12.2. The molecule has 0 aliphatic heterocycles. The second kappa shape index (κ2) is 6.73. The Hall–Kier alpha value is -1.86. The average molecular weight is 289 g/mol. The lowest BCUT2D eigenvalue weighted by Gasteiger charge is -2.32. The van der Waals surface area contributed by atoms with Crippen molar-refractivity contribution in [2.45, 2.75) is 39.0 Å². The summed E-state index contributed by atoms with van der Waals surface area (Å²) >= 11 is 0. The van der Waals surface area contributed by atoms with Gasteiger partial charge in [0, 0.05) is 5.41 Å². The van der Waals surface area contributed by atoms with Crippen LogP contribution >= 0.6 is 0 Å². The summed E-state index contributed by atoms with van der Waals surface area (Å²) < 4.78 is 13.3. The quantitative estimate of drug-likeness (QED) is 0.822. The Balaban J connectivity index is 2.20. The first-order valence-electron chi connectivity index (χ1n) is 7.26. The first kappa shape index (κ1) is 15.5. The van der Waals surface area contributed by atoms with E-state index < -0.39 is 5.82 Å². The zero-order chi connectivity index (χ0) is 15.3. The van der Waals surface area contributed by atoms with Gasteiger partial charge in [-0.15, -0.1) is 0 Å². The molecule has 4 heteroatoms. The van der Waals surface area contributed by atoms with Gasteiger partial charge < -0.3 is 10.4 Å². The molecule has 2 rings (SSSR count). The highest BCUT2D eigenvalue weighted by Gasteiger charge is 2.34. The van der Waals surface area contributed by atoms with Crippen LogP contribution in [-0.2, 0) is 4.79 Å². The minimum atomic E-state index is -0.417. The molecule has 0 bridgehead atoms. The average Bonchev–Trinajstić information content (AvgIpc) is 2.48. The molecule has 1 saturated carbocycles. The van der Waals surface area contributed by atoms with Crippen LogP contribution < -0.4 is 5.32 Å². The largest absolute Gasteiger partial charge is 0.384 e. The molecule has 2 N–H and O–H groups in total. The summed E-state index contributed by atoms with van der Waals surface area (Å²) in [4.78, 5) is 12.5. The summed E-state index contributed by atoms with van der Waals surface area (Å²) in [5, 5.41) is 11.6. The predicted molar refractivity (Wildman–Crippen MR) is 80.2 cm³/mol. The third-order valence-electron chi connectivity index (χ3n) is 4.04. The van der Waals surface area contributed by atoms with E-state index in [9.17, 15) is 9.18 Å². The fraction of sp³-hybridized carbons (Fsp3) is 0.471. The summed E-state index contributed by atoms with van der Waals surface area (Å²) in [5.74, 6) is 4.69. The maximum atomic E-state index is 13.3. The van der Waals surface area contributed by atoms with Crippen molar-refractivity contribution in [3.8, 4) is 11.8 Å². The van der Waals surface area contributed by atoms with Gasteiger partial charge in [0.05, 0.1) is 11.3 Å². The summed E-state index contributed by atoms with van der Waals surface area (Å²) in [5.41, 5.74) is 0.514. The monoisotopic (exact) mass is 289 g/mol. The molecule has 0 unspecified atom stereocenters. The maximum Gasteiger partial charge on any atom is 0.230 e. The minimum Gasteiger partial charge on any atom is -0.384 e. The molecule has 0 radical (unpaired) electrons. The molecule has 0 heterocycles. The second-order valence-electron chi connectivity index (χ2n) is 5.73. The number of aliphatic hydroxyl groups excluding tert-OH is 1. The van der Waals surface area contributed by atoms with E-state index in [0.29, 0.717) is 11.3 Å². The van der Waals surface area contributed by atoms with Crippen molar-refractivity contribution in [1.29, 1.82) is 0 Å². The van der Waals surface area contributed by atoms with Gasteiger partial charge in [-0.1, -0.05) is 38.0 Å². The van der Waals surface area contributed by atoms with E-state index in [0.717, 1.165) is 25.7 Å². The standard InChI is InChI=1S/C17H20FNO2/c1-17(9-3-2-4-10-17)16(21)19-15-8-7-14(18)12-13(15)6-5-11-20/h7-8,12,20H,2-4,9-11H2,1H3,(H,19,21). The Labute approximate surface area is 124 Å². The Morgan fingerprint density at radius 1 is 1.38 bits per heavy atom. The fourth-order valence-electron chi connectivity index (χ4n) is 2.70. The van der Waals surface area contributed by atoms with E-state index >= 15 is 0 Å². The van der Waals surface area contributed by atoms with E-state index in [1.165, 1.54) is 24.6 Å². The van der Waals surface area contributed by atoms with Crippen LogP contribution in [0.2, 0.25) is 0 Å². The van der Waals surface area contributed by atoms with Crippen molar-refractivity contribution < 1.29 is 14.3 Å².